The first-order chi connectivity index (χ1) is 7.59. The second-order valence-corrected chi connectivity index (χ2v) is 3.73. The molecule has 0 aliphatic rings. The summed E-state index contributed by atoms with van der Waals surface area (Å²) >= 11 is 11.7. The number of aromatic nitrogens is 3. The molecule has 0 saturated carbocycles. The number of hydrogen-bond acceptors (Lipinski definition) is 4. The van der Waals surface area contributed by atoms with Gasteiger partial charge in [0.05, 0.1) is 10.0 Å². The molecule has 0 spiro atoms. The Morgan fingerprint density at radius 3 is 2.69 bits per heavy atom. The third-order valence-electron chi connectivity index (χ3n) is 1.90. The van der Waals surface area contributed by atoms with Gasteiger partial charge < -0.3 is 5.73 Å². The minimum absolute atomic E-state index is 0.0849. The molecule has 0 saturated heterocycles. The Morgan fingerprint density at radius 1 is 1.25 bits per heavy atom. The molecule has 0 unspecified atom stereocenters. The van der Waals surface area contributed by atoms with Crippen LogP contribution in [0.25, 0.3) is 11.3 Å². The number of halogens is 3. The predicted octanol–water partition coefficient (Wildman–Crippen LogP) is 2.57. The van der Waals surface area contributed by atoms with Crippen molar-refractivity contribution in [3.63, 3.8) is 0 Å². The SMILES string of the molecule is Nc1ncnnc1-c1cc(F)cc(Cl)c1Cl. The lowest BCUT2D eigenvalue weighted by Gasteiger charge is -2.06. The van der Waals surface area contributed by atoms with E-state index in [1.54, 1.807) is 0 Å². The molecular weight excluding hydrogens is 254 g/mol. The van der Waals surface area contributed by atoms with Crippen LogP contribution in [-0.4, -0.2) is 15.2 Å². The molecular formula is C9H5Cl2FN4. The normalized spacial score (nSPS) is 10.4. The van der Waals surface area contributed by atoms with E-state index in [0.717, 1.165) is 6.07 Å². The number of rotatable bonds is 1. The van der Waals surface area contributed by atoms with Gasteiger partial charge in [0.2, 0.25) is 0 Å². The maximum atomic E-state index is 13.2. The van der Waals surface area contributed by atoms with Crippen LogP contribution in [0.3, 0.4) is 0 Å². The summed E-state index contributed by atoms with van der Waals surface area (Å²) < 4.78 is 13.2. The lowest BCUT2D eigenvalue weighted by molar-refractivity contribution is 0.628. The van der Waals surface area contributed by atoms with E-state index >= 15 is 0 Å². The molecule has 0 fully saturated rings. The van der Waals surface area contributed by atoms with Crippen LogP contribution in [0.4, 0.5) is 10.2 Å². The van der Waals surface area contributed by atoms with Crippen LogP contribution in [0.1, 0.15) is 0 Å². The summed E-state index contributed by atoms with van der Waals surface area (Å²) in [5, 5.41) is 7.55. The molecule has 0 amide bonds. The van der Waals surface area contributed by atoms with Crippen molar-refractivity contribution < 1.29 is 4.39 Å². The molecule has 1 aromatic heterocycles. The van der Waals surface area contributed by atoms with Gasteiger partial charge >= 0.3 is 0 Å². The average Bonchev–Trinajstić information content (AvgIpc) is 2.24. The van der Waals surface area contributed by atoms with Crippen molar-refractivity contribution >= 4 is 29.0 Å². The first-order valence-electron chi connectivity index (χ1n) is 4.17. The van der Waals surface area contributed by atoms with Gasteiger partial charge in [-0.2, -0.15) is 0 Å². The summed E-state index contributed by atoms with van der Waals surface area (Å²) in [5.41, 5.74) is 6.05. The topological polar surface area (TPSA) is 64.7 Å². The second-order valence-electron chi connectivity index (χ2n) is 2.94. The van der Waals surface area contributed by atoms with Crippen LogP contribution >= 0.6 is 23.2 Å². The number of benzene rings is 1. The zero-order valence-corrected chi connectivity index (χ0v) is 9.30. The second kappa shape index (κ2) is 4.19. The van der Waals surface area contributed by atoms with Crippen molar-refractivity contribution in [2.75, 3.05) is 5.73 Å². The molecule has 2 aromatic rings. The average molecular weight is 259 g/mol. The molecule has 2 N–H and O–H groups in total. The minimum atomic E-state index is -0.533. The zero-order chi connectivity index (χ0) is 11.7. The van der Waals surface area contributed by atoms with Crippen molar-refractivity contribution in [3.8, 4) is 11.3 Å². The van der Waals surface area contributed by atoms with Gasteiger partial charge in [-0.05, 0) is 12.1 Å². The number of nitrogens with two attached hydrogens (primary N) is 1. The van der Waals surface area contributed by atoms with E-state index in [0.29, 0.717) is 0 Å². The third-order valence-corrected chi connectivity index (χ3v) is 2.70. The summed E-state index contributed by atoms with van der Waals surface area (Å²) in [4.78, 5) is 3.74. The Balaban J connectivity index is 2.69. The molecule has 0 atom stereocenters. The molecule has 1 aromatic carbocycles. The highest BCUT2D eigenvalue weighted by molar-refractivity contribution is 6.43. The maximum absolute atomic E-state index is 13.2. The molecule has 0 aliphatic heterocycles. The van der Waals surface area contributed by atoms with Crippen molar-refractivity contribution in [2.45, 2.75) is 0 Å². The van der Waals surface area contributed by atoms with Crippen molar-refractivity contribution in [3.05, 3.63) is 34.3 Å². The highest BCUT2D eigenvalue weighted by atomic mass is 35.5. The van der Waals surface area contributed by atoms with E-state index in [4.69, 9.17) is 28.9 Å². The fourth-order valence-electron chi connectivity index (χ4n) is 1.20. The summed E-state index contributed by atoms with van der Waals surface area (Å²) in [7, 11) is 0. The third kappa shape index (κ3) is 1.91. The number of nitrogens with zero attached hydrogens (tertiary/aromatic N) is 3. The monoisotopic (exact) mass is 258 g/mol. The Hall–Kier alpha value is -1.46. The zero-order valence-electron chi connectivity index (χ0n) is 7.78. The van der Waals surface area contributed by atoms with Crippen molar-refractivity contribution in [2.24, 2.45) is 0 Å². The van der Waals surface area contributed by atoms with Gasteiger partial charge in [-0.1, -0.05) is 23.2 Å². The molecule has 1 heterocycles. The lowest BCUT2D eigenvalue weighted by atomic mass is 10.1. The van der Waals surface area contributed by atoms with Crippen LogP contribution in [0.2, 0.25) is 10.0 Å². The van der Waals surface area contributed by atoms with E-state index in [2.05, 4.69) is 15.2 Å². The number of anilines is 1. The Morgan fingerprint density at radius 2 is 2.00 bits per heavy atom. The molecule has 0 aliphatic carbocycles. The standard InChI is InChI=1S/C9H5Cl2FN4/c10-6-2-4(12)1-5(7(6)11)8-9(13)14-3-15-16-8/h1-3H,(H2,13,14,15). The number of nitrogen functional groups attached to an aromatic ring is 1. The Bertz CT molecular complexity index is 547. The molecule has 82 valence electrons. The maximum Gasteiger partial charge on any atom is 0.153 e. The van der Waals surface area contributed by atoms with E-state index in [1.165, 1.54) is 12.4 Å². The Labute approximate surface area is 100 Å². The largest absolute Gasteiger partial charge is 0.382 e. The van der Waals surface area contributed by atoms with Crippen LogP contribution < -0.4 is 5.73 Å². The van der Waals surface area contributed by atoms with Crippen LogP contribution in [0, 0.1) is 5.82 Å². The van der Waals surface area contributed by atoms with E-state index in [9.17, 15) is 4.39 Å². The van der Waals surface area contributed by atoms with Crippen molar-refractivity contribution in [1.82, 2.24) is 15.2 Å². The van der Waals surface area contributed by atoms with Gasteiger partial charge in [-0.3, -0.25) is 0 Å². The smallest absolute Gasteiger partial charge is 0.153 e. The highest BCUT2D eigenvalue weighted by Gasteiger charge is 2.14. The van der Waals surface area contributed by atoms with Crippen LogP contribution in [0.5, 0.6) is 0 Å². The van der Waals surface area contributed by atoms with Gasteiger partial charge in [0.1, 0.15) is 17.8 Å². The van der Waals surface area contributed by atoms with Gasteiger partial charge in [0, 0.05) is 5.56 Å². The first kappa shape index (κ1) is 11.0. The van der Waals surface area contributed by atoms with Gasteiger partial charge in [0.25, 0.3) is 0 Å². The fraction of sp³-hybridized carbons (Fsp3) is 0. The predicted molar refractivity (Wildman–Crippen MR) is 59.7 cm³/mol. The summed E-state index contributed by atoms with van der Waals surface area (Å²) in [5.74, 6) is -0.423. The summed E-state index contributed by atoms with van der Waals surface area (Å²) in [6.45, 7) is 0. The van der Waals surface area contributed by atoms with E-state index < -0.39 is 5.82 Å². The molecule has 0 radical (unpaired) electrons. The molecule has 2 rings (SSSR count). The van der Waals surface area contributed by atoms with Gasteiger partial charge in [0.15, 0.2) is 5.82 Å². The Kier molecular flexibility index (Phi) is 2.89. The van der Waals surface area contributed by atoms with Gasteiger partial charge in [-0.15, -0.1) is 10.2 Å². The fourth-order valence-corrected chi connectivity index (χ4v) is 1.61. The van der Waals surface area contributed by atoms with E-state index in [-0.39, 0.29) is 27.1 Å². The molecule has 0 bridgehead atoms. The summed E-state index contributed by atoms with van der Waals surface area (Å²) in [6.07, 6.45) is 1.19. The quantitative estimate of drug-likeness (QED) is 0.799. The first-order valence-corrected chi connectivity index (χ1v) is 4.93. The van der Waals surface area contributed by atoms with Crippen molar-refractivity contribution in [1.29, 1.82) is 0 Å². The lowest BCUT2D eigenvalue weighted by Crippen LogP contribution is -1.99. The highest BCUT2D eigenvalue weighted by Crippen LogP contribution is 2.34. The van der Waals surface area contributed by atoms with E-state index in [1.807, 2.05) is 0 Å². The minimum Gasteiger partial charge on any atom is -0.382 e. The van der Waals surface area contributed by atoms with Crippen LogP contribution in [0.15, 0.2) is 18.5 Å². The molecule has 7 heteroatoms. The molecule has 4 nitrogen and oxygen atoms in total. The summed E-state index contributed by atoms with van der Waals surface area (Å²) in [6, 6.07) is 2.28. The number of hydrogen-bond donors (Lipinski definition) is 1. The van der Waals surface area contributed by atoms with Gasteiger partial charge in [-0.25, -0.2) is 9.37 Å². The van der Waals surface area contributed by atoms with Crippen LogP contribution in [-0.2, 0) is 0 Å². The molecule has 16 heavy (non-hydrogen) atoms.